The van der Waals surface area contributed by atoms with Crippen LogP contribution in [0.5, 0.6) is 0 Å². The first-order valence-corrected chi connectivity index (χ1v) is 7.07. The summed E-state index contributed by atoms with van der Waals surface area (Å²) in [7, 11) is 0. The van der Waals surface area contributed by atoms with Crippen LogP contribution in [-0.4, -0.2) is 23.8 Å². The van der Waals surface area contributed by atoms with Crippen molar-refractivity contribution >= 4 is 33.5 Å². The molecule has 2 rings (SSSR count). The SMILES string of the molecule is CC(=O)O/C=C\C1C(=O)N(CCBr)c2ccccc21. The summed E-state index contributed by atoms with van der Waals surface area (Å²) in [5.41, 5.74) is 1.86. The van der Waals surface area contributed by atoms with E-state index in [2.05, 4.69) is 15.9 Å². The maximum Gasteiger partial charge on any atom is 0.307 e. The Morgan fingerprint density at radius 1 is 1.47 bits per heavy atom. The fourth-order valence-corrected chi connectivity index (χ4v) is 2.49. The Bertz CT molecular complexity index is 527. The number of benzene rings is 1. The highest BCUT2D eigenvalue weighted by Gasteiger charge is 2.34. The molecule has 4 nitrogen and oxygen atoms in total. The van der Waals surface area contributed by atoms with Crippen molar-refractivity contribution in [2.24, 2.45) is 0 Å². The molecular formula is C14H14BrNO3. The third kappa shape index (κ3) is 2.87. The molecule has 1 aliphatic rings. The predicted molar refractivity (Wildman–Crippen MR) is 76.2 cm³/mol. The predicted octanol–water partition coefficient (Wildman–Crippen LogP) is 2.59. The van der Waals surface area contributed by atoms with Crippen LogP contribution in [0.25, 0.3) is 0 Å². The molecule has 19 heavy (non-hydrogen) atoms. The van der Waals surface area contributed by atoms with Gasteiger partial charge in [-0.05, 0) is 17.7 Å². The van der Waals surface area contributed by atoms with Gasteiger partial charge in [0.15, 0.2) is 0 Å². The Labute approximate surface area is 120 Å². The maximum absolute atomic E-state index is 12.3. The van der Waals surface area contributed by atoms with Gasteiger partial charge < -0.3 is 9.64 Å². The summed E-state index contributed by atoms with van der Waals surface area (Å²) in [5, 5.41) is 0.716. The van der Waals surface area contributed by atoms with Crippen molar-refractivity contribution < 1.29 is 14.3 Å². The number of ether oxygens (including phenoxy) is 1. The lowest BCUT2D eigenvalue weighted by Crippen LogP contribution is -2.30. The van der Waals surface area contributed by atoms with E-state index >= 15 is 0 Å². The Kier molecular flexibility index (Phi) is 4.37. The molecule has 1 aromatic carbocycles. The number of esters is 1. The molecule has 1 atom stereocenters. The fraction of sp³-hybridized carbons (Fsp3) is 0.286. The zero-order valence-corrected chi connectivity index (χ0v) is 12.1. The highest BCUT2D eigenvalue weighted by Crippen LogP contribution is 2.37. The molecular weight excluding hydrogens is 310 g/mol. The summed E-state index contributed by atoms with van der Waals surface area (Å²) in [6, 6.07) is 7.65. The molecule has 0 aromatic heterocycles. The van der Waals surface area contributed by atoms with E-state index in [4.69, 9.17) is 4.74 Å². The van der Waals surface area contributed by atoms with Crippen molar-refractivity contribution in [3.05, 3.63) is 42.2 Å². The first-order chi connectivity index (χ1) is 9.15. The van der Waals surface area contributed by atoms with E-state index in [9.17, 15) is 9.59 Å². The van der Waals surface area contributed by atoms with Gasteiger partial charge in [0.05, 0.1) is 12.2 Å². The smallest absolute Gasteiger partial charge is 0.307 e. The molecule has 1 amide bonds. The zero-order valence-electron chi connectivity index (χ0n) is 10.5. The van der Waals surface area contributed by atoms with E-state index < -0.39 is 5.97 Å². The Hall–Kier alpha value is -1.62. The standard InChI is InChI=1S/C14H14BrNO3/c1-10(17)19-9-6-12-11-4-2-3-5-13(11)16(8-7-15)14(12)18/h2-6,9,12H,7-8H2,1H3/b9-6-. The second-order valence-corrected chi connectivity index (χ2v) is 4.95. The lowest BCUT2D eigenvalue weighted by molar-refractivity contribution is -0.135. The van der Waals surface area contributed by atoms with Gasteiger partial charge in [-0.1, -0.05) is 34.1 Å². The second kappa shape index (κ2) is 6.02. The third-order valence-electron chi connectivity index (χ3n) is 2.91. The van der Waals surface area contributed by atoms with Crippen LogP contribution in [0.2, 0.25) is 0 Å². The number of carbonyl (C=O) groups is 2. The van der Waals surface area contributed by atoms with Crippen molar-refractivity contribution in [1.82, 2.24) is 0 Å². The van der Waals surface area contributed by atoms with Crippen LogP contribution < -0.4 is 4.90 Å². The summed E-state index contributed by atoms with van der Waals surface area (Å²) in [6.07, 6.45) is 2.91. The average Bonchev–Trinajstić information content (AvgIpc) is 2.65. The molecule has 0 spiro atoms. The summed E-state index contributed by atoms with van der Waals surface area (Å²) in [4.78, 5) is 24.8. The van der Waals surface area contributed by atoms with E-state index in [-0.39, 0.29) is 11.8 Å². The first kappa shape index (κ1) is 13.8. The number of hydrogen-bond acceptors (Lipinski definition) is 3. The van der Waals surface area contributed by atoms with Gasteiger partial charge in [-0.2, -0.15) is 0 Å². The molecule has 1 aliphatic heterocycles. The van der Waals surface area contributed by atoms with Crippen LogP contribution in [0, 0.1) is 0 Å². The first-order valence-electron chi connectivity index (χ1n) is 5.95. The van der Waals surface area contributed by atoms with Gasteiger partial charge in [-0.15, -0.1) is 0 Å². The number of carbonyl (C=O) groups excluding carboxylic acids is 2. The largest absolute Gasteiger partial charge is 0.435 e. The molecule has 5 heteroatoms. The van der Waals surface area contributed by atoms with Crippen LogP contribution in [-0.2, 0) is 14.3 Å². The van der Waals surface area contributed by atoms with Gasteiger partial charge >= 0.3 is 5.97 Å². The summed E-state index contributed by atoms with van der Waals surface area (Å²) >= 11 is 3.35. The molecule has 0 N–H and O–H groups in total. The normalized spacial score (nSPS) is 17.9. The molecule has 1 unspecified atom stereocenters. The molecule has 0 saturated heterocycles. The summed E-state index contributed by atoms with van der Waals surface area (Å²) in [5.74, 6) is -0.772. The van der Waals surface area contributed by atoms with Crippen molar-refractivity contribution in [1.29, 1.82) is 0 Å². The minimum atomic E-state index is -0.396. The van der Waals surface area contributed by atoms with Crippen molar-refractivity contribution in [2.45, 2.75) is 12.8 Å². The van der Waals surface area contributed by atoms with Gasteiger partial charge in [0.1, 0.15) is 0 Å². The number of halogens is 1. The number of hydrogen-bond donors (Lipinski definition) is 0. The molecule has 0 aliphatic carbocycles. The highest BCUT2D eigenvalue weighted by molar-refractivity contribution is 9.09. The topological polar surface area (TPSA) is 46.6 Å². The van der Waals surface area contributed by atoms with E-state index in [0.29, 0.717) is 11.9 Å². The summed E-state index contributed by atoms with van der Waals surface area (Å²) < 4.78 is 4.76. The van der Waals surface area contributed by atoms with Crippen molar-refractivity contribution in [3.8, 4) is 0 Å². The number of amides is 1. The number of fused-ring (bicyclic) bond motifs is 1. The van der Waals surface area contributed by atoms with Gasteiger partial charge in [-0.3, -0.25) is 9.59 Å². The van der Waals surface area contributed by atoms with Crippen molar-refractivity contribution in [2.75, 3.05) is 16.8 Å². The highest BCUT2D eigenvalue weighted by atomic mass is 79.9. The quantitative estimate of drug-likeness (QED) is 0.486. The van der Waals surface area contributed by atoms with Gasteiger partial charge in [-0.25, -0.2) is 0 Å². The van der Waals surface area contributed by atoms with Crippen LogP contribution in [0.1, 0.15) is 18.4 Å². The van der Waals surface area contributed by atoms with Crippen LogP contribution in [0.4, 0.5) is 5.69 Å². The molecule has 0 radical (unpaired) electrons. The second-order valence-electron chi connectivity index (χ2n) is 4.15. The molecule has 1 aromatic rings. The zero-order chi connectivity index (χ0) is 13.8. The minimum absolute atomic E-state index is 0.00375. The van der Waals surface area contributed by atoms with Crippen LogP contribution in [0.3, 0.4) is 0 Å². The number of anilines is 1. The summed E-state index contributed by atoms with van der Waals surface area (Å²) in [6.45, 7) is 1.94. The lowest BCUT2D eigenvalue weighted by Gasteiger charge is -2.15. The van der Waals surface area contributed by atoms with E-state index in [1.165, 1.54) is 13.2 Å². The number of nitrogens with zero attached hydrogens (tertiary/aromatic N) is 1. The maximum atomic E-state index is 12.3. The number of para-hydroxylation sites is 1. The van der Waals surface area contributed by atoms with E-state index in [1.807, 2.05) is 24.3 Å². The Morgan fingerprint density at radius 3 is 2.89 bits per heavy atom. The average molecular weight is 324 g/mol. The van der Waals surface area contributed by atoms with E-state index in [0.717, 1.165) is 11.3 Å². The number of alkyl halides is 1. The lowest BCUT2D eigenvalue weighted by atomic mass is 10.0. The third-order valence-corrected chi connectivity index (χ3v) is 3.26. The van der Waals surface area contributed by atoms with E-state index in [1.54, 1.807) is 11.0 Å². The molecule has 0 fully saturated rings. The molecule has 1 heterocycles. The fourth-order valence-electron chi connectivity index (χ4n) is 2.13. The van der Waals surface area contributed by atoms with Gasteiger partial charge in [0.25, 0.3) is 0 Å². The number of rotatable bonds is 4. The molecule has 100 valence electrons. The minimum Gasteiger partial charge on any atom is -0.435 e. The van der Waals surface area contributed by atoms with Crippen molar-refractivity contribution in [3.63, 3.8) is 0 Å². The van der Waals surface area contributed by atoms with Gasteiger partial charge in [0, 0.05) is 24.5 Å². The molecule has 0 saturated carbocycles. The van der Waals surface area contributed by atoms with Crippen LogP contribution in [0.15, 0.2) is 36.6 Å². The van der Waals surface area contributed by atoms with Crippen LogP contribution >= 0.6 is 15.9 Å². The van der Waals surface area contributed by atoms with Gasteiger partial charge in [0.2, 0.25) is 5.91 Å². The monoisotopic (exact) mass is 323 g/mol. The Balaban J connectivity index is 2.28. The molecule has 0 bridgehead atoms. The Morgan fingerprint density at radius 2 is 2.21 bits per heavy atom.